The van der Waals surface area contributed by atoms with E-state index in [1.54, 1.807) is 4.90 Å². The van der Waals surface area contributed by atoms with E-state index < -0.39 is 0 Å². The Morgan fingerprint density at radius 2 is 1.79 bits per heavy atom. The first-order valence-electron chi connectivity index (χ1n) is 9.89. The maximum absolute atomic E-state index is 12.7. The molecule has 3 saturated carbocycles. The molecule has 5 atom stereocenters. The van der Waals surface area contributed by atoms with Crippen LogP contribution in [0.4, 0.5) is 4.79 Å². The molecule has 1 heterocycles. The summed E-state index contributed by atoms with van der Waals surface area (Å²) in [4.78, 5) is 26.2. The van der Waals surface area contributed by atoms with Gasteiger partial charge >= 0.3 is 6.09 Å². The molecule has 2 amide bonds. The van der Waals surface area contributed by atoms with Crippen LogP contribution in [-0.2, 0) is 9.53 Å². The molecule has 134 valence electrons. The molecular weight excluding hydrogens is 304 g/mol. The summed E-state index contributed by atoms with van der Waals surface area (Å²) in [7, 11) is 0. The molecule has 0 aromatic carbocycles. The second kappa shape index (κ2) is 6.57. The quantitative estimate of drug-likeness (QED) is 0.863. The average Bonchev–Trinajstić information content (AvgIpc) is 3.28. The van der Waals surface area contributed by atoms with Crippen molar-refractivity contribution in [3.05, 3.63) is 0 Å². The van der Waals surface area contributed by atoms with Gasteiger partial charge in [0.05, 0.1) is 6.61 Å². The summed E-state index contributed by atoms with van der Waals surface area (Å²) in [6.07, 6.45) is 8.05. The fraction of sp³-hybridized carbons (Fsp3) is 0.895. The zero-order valence-corrected chi connectivity index (χ0v) is 14.7. The van der Waals surface area contributed by atoms with Gasteiger partial charge in [0.1, 0.15) is 0 Å². The van der Waals surface area contributed by atoms with E-state index in [0.29, 0.717) is 25.7 Å². The summed E-state index contributed by atoms with van der Waals surface area (Å²) in [6, 6.07) is 0.421. The van der Waals surface area contributed by atoms with Crippen molar-refractivity contribution in [2.45, 2.75) is 57.9 Å². The number of hydrogen-bond donors (Lipinski definition) is 1. The van der Waals surface area contributed by atoms with Crippen LogP contribution >= 0.6 is 0 Å². The van der Waals surface area contributed by atoms with E-state index in [0.717, 1.165) is 36.5 Å². The number of nitrogens with one attached hydrogen (secondary N) is 1. The first-order valence-corrected chi connectivity index (χ1v) is 9.89. The van der Waals surface area contributed by atoms with Crippen molar-refractivity contribution in [3.8, 4) is 0 Å². The largest absolute Gasteiger partial charge is 0.450 e. The van der Waals surface area contributed by atoms with Crippen molar-refractivity contribution in [3.63, 3.8) is 0 Å². The molecule has 1 aliphatic heterocycles. The van der Waals surface area contributed by atoms with Crippen LogP contribution in [0.3, 0.4) is 0 Å². The molecule has 0 unspecified atom stereocenters. The van der Waals surface area contributed by atoms with Crippen LogP contribution in [0.1, 0.15) is 51.9 Å². The minimum absolute atomic E-state index is 0.0641. The van der Waals surface area contributed by atoms with Gasteiger partial charge in [0.2, 0.25) is 5.91 Å². The van der Waals surface area contributed by atoms with Gasteiger partial charge in [0.15, 0.2) is 0 Å². The number of rotatable bonds is 3. The number of amides is 2. The van der Waals surface area contributed by atoms with Crippen molar-refractivity contribution in [2.24, 2.45) is 29.6 Å². The van der Waals surface area contributed by atoms with Crippen molar-refractivity contribution < 1.29 is 14.3 Å². The maximum Gasteiger partial charge on any atom is 0.409 e. The minimum Gasteiger partial charge on any atom is -0.450 e. The van der Waals surface area contributed by atoms with Crippen molar-refractivity contribution in [1.29, 1.82) is 0 Å². The Bertz CT molecular complexity index is 501. The number of fused-ring (bicyclic) bond motifs is 5. The van der Waals surface area contributed by atoms with Crippen LogP contribution in [0.2, 0.25) is 0 Å². The van der Waals surface area contributed by atoms with E-state index in [4.69, 9.17) is 4.74 Å². The van der Waals surface area contributed by atoms with E-state index in [1.165, 1.54) is 32.1 Å². The molecule has 5 nitrogen and oxygen atoms in total. The second-order valence-corrected chi connectivity index (χ2v) is 8.23. The van der Waals surface area contributed by atoms with Gasteiger partial charge in [-0.1, -0.05) is 6.42 Å². The third kappa shape index (κ3) is 2.80. The van der Waals surface area contributed by atoms with Gasteiger partial charge < -0.3 is 15.0 Å². The molecule has 4 fully saturated rings. The minimum atomic E-state index is -0.239. The lowest BCUT2D eigenvalue weighted by molar-refractivity contribution is -0.127. The molecule has 3 aliphatic carbocycles. The number of nitrogens with zero attached hydrogens (tertiary/aromatic N) is 1. The van der Waals surface area contributed by atoms with Crippen LogP contribution in [0.25, 0.3) is 0 Å². The summed E-state index contributed by atoms with van der Waals surface area (Å²) >= 11 is 0. The van der Waals surface area contributed by atoms with Gasteiger partial charge in [-0.25, -0.2) is 4.79 Å². The van der Waals surface area contributed by atoms with Crippen LogP contribution in [0, 0.1) is 29.6 Å². The summed E-state index contributed by atoms with van der Waals surface area (Å²) in [5.74, 6) is 3.76. The van der Waals surface area contributed by atoms with Crippen molar-refractivity contribution >= 4 is 12.0 Å². The summed E-state index contributed by atoms with van der Waals surface area (Å²) in [6.45, 7) is 3.50. The summed E-state index contributed by atoms with van der Waals surface area (Å²) in [5.41, 5.74) is 0. The molecule has 0 radical (unpaired) electrons. The predicted molar refractivity (Wildman–Crippen MR) is 90.3 cm³/mol. The Kier molecular flexibility index (Phi) is 4.44. The maximum atomic E-state index is 12.7. The van der Waals surface area contributed by atoms with Gasteiger partial charge in [-0.05, 0) is 69.1 Å². The molecule has 1 saturated heterocycles. The normalized spacial score (nSPS) is 38.2. The highest BCUT2D eigenvalue weighted by Gasteiger charge is 2.54. The van der Waals surface area contributed by atoms with E-state index in [2.05, 4.69) is 5.32 Å². The Hall–Kier alpha value is -1.26. The zero-order valence-electron chi connectivity index (χ0n) is 14.7. The average molecular weight is 334 g/mol. The number of piperidine rings is 1. The molecule has 0 aromatic heterocycles. The van der Waals surface area contributed by atoms with Crippen molar-refractivity contribution in [1.82, 2.24) is 10.2 Å². The number of ether oxygens (including phenoxy) is 1. The van der Waals surface area contributed by atoms with Gasteiger partial charge in [-0.3, -0.25) is 4.79 Å². The number of carbonyl (C=O) groups is 2. The van der Waals surface area contributed by atoms with Gasteiger partial charge in [-0.15, -0.1) is 0 Å². The van der Waals surface area contributed by atoms with Gasteiger partial charge in [0.25, 0.3) is 0 Å². The number of likely N-dealkylation sites (tertiary alicyclic amines) is 1. The molecule has 0 spiro atoms. The van der Waals surface area contributed by atoms with Crippen LogP contribution in [-0.4, -0.2) is 42.6 Å². The van der Waals surface area contributed by atoms with E-state index >= 15 is 0 Å². The molecule has 24 heavy (non-hydrogen) atoms. The molecule has 4 rings (SSSR count). The highest BCUT2D eigenvalue weighted by atomic mass is 16.6. The monoisotopic (exact) mass is 334 g/mol. The predicted octanol–water partition coefficient (Wildman–Crippen LogP) is 2.80. The first kappa shape index (κ1) is 16.2. The third-order valence-corrected chi connectivity index (χ3v) is 7.15. The Balaban J connectivity index is 1.27. The molecule has 4 aliphatic rings. The zero-order chi connectivity index (χ0) is 16.7. The molecular formula is C19H30N2O3. The number of hydrogen-bond acceptors (Lipinski definition) is 3. The molecule has 1 N–H and O–H groups in total. The summed E-state index contributed by atoms with van der Waals surface area (Å²) in [5, 5.41) is 3.39. The topological polar surface area (TPSA) is 58.6 Å². The highest BCUT2D eigenvalue weighted by molar-refractivity contribution is 5.79. The SMILES string of the molecule is CCOC(=O)N1CCC(C(=O)N[C@@H]2C[C@H]3C[C@H]2[C@H]2CCC[C@H]32)CC1. The molecule has 0 aromatic rings. The Labute approximate surface area is 144 Å². The fourth-order valence-electron chi connectivity index (χ4n) is 6.07. The lowest BCUT2D eigenvalue weighted by Gasteiger charge is -2.35. The second-order valence-electron chi connectivity index (χ2n) is 8.23. The molecule has 2 bridgehead atoms. The van der Waals surface area contributed by atoms with Gasteiger partial charge in [-0.2, -0.15) is 0 Å². The lowest BCUT2D eigenvalue weighted by Crippen LogP contribution is -2.48. The standard InChI is InChI=1S/C19H30N2O3/c1-2-24-19(23)21-8-6-12(7-9-21)18(22)20-17-11-13-10-16(17)15-5-3-4-14(13)15/h12-17H,2-11H2,1H3,(H,20,22)/t13-,14-,15+,16+,17-/m1/s1. The van der Waals surface area contributed by atoms with Gasteiger partial charge in [0, 0.05) is 25.0 Å². The number of carbonyl (C=O) groups excluding carboxylic acids is 2. The van der Waals surface area contributed by atoms with E-state index in [-0.39, 0.29) is 17.9 Å². The van der Waals surface area contributed by atoms with Crippen LogP contribution in [0.5, 0.6) is 0 Å². The molecule has 5 heteroatoms. The summed E-state index contributed by atoms with van der Waals surface area (Å²) < 4.78 is 5.04. The van der Waals surface area contributed by atoms with E-state index in [9.17, 15) is 9.59 Å². The van der Waals surface area contributed by atoms with Crippen molar-refractivity contribution in [2.75, 3.05) is 19.7 Å². The van der Waals surface area contributed by atoms with E-state index in [1.807, 2.05) is 6.92 Å². The fourth-order valence-corrected chi connectivity index (χ4v) is 6.07. The first-order chi connectivity index (χ1) is 11.7. The lowest BCUT2D eigenvalue weighted by atomic mass is 9.79. The Morgan fingerprint density at radius 1 is 1.04 bits per heavy atom. The Morgan fingerprint density at radius 3 is 2.54 bits per heavy atom. The highest BCUT2D eigenvalue weighted by Crippen LogP contribution is 2.58. The smallest absolute Gasteiger partial charge is 0.409 e. The van der Waals surface area contributed by atoms with Crippen LogP contribution < -0.4 is 5.32 Å². The third-order valence-electron chi connectivity index (χ3n) is 7.15. The van der Waals surface area contributed by atoms with Crippen LogP contribution in [0.15, 0.2) is 0 Å².